The molecule has 0 spiro atoms. The molecule has 0 saturated heterocycles. The zero-order chi connectivity index (χ0) is 19.4. The van der Waals surface area contributed by atoms with Gasteiger partial charge in [-0.3, -0.25) is 19.4 Å². The van der Waals surface area contributed by atoms with Crippen LogP contribution in [0.15, 0.2) is 58.9 Å². The predicted molar refractivity (Wildman–Crippen MR) is 104 cm³/mol. The Morgan fingerprint density at radius 1 is 0.893 bits per heavy atom. The molecule has 3 aliphatic rings. The second kappa shape index (κ2) is 6.31. The zero-order valence-corrected chi connectivity index (χ0v) is 15.6. The maximum absolute atomic E-state index is 13.4. The van der Waals surface area contributed by atoms with E-state index in [0.29, 0.717) is 52.4 Å². The van der Waals surface area contributed by atoms with Gasteiger partial charge in [0.05, 0.1) is 5.92 Å². The zero-order valence-electron chi connectivity index (χ0n) is 14.8. The molecule has 0 N–H and O–H groups in total. The van der Waals surface area contributed by atoms with Gasteiger partial charge in [-0.05, 0) is 24.5 Å². The minimum absolute atomic E-state index is 0.0515. The summed E-state index contributed by atoms with van der Waals surface area (Å²) in [4.78, 5) is 48.1. The number of nitrogens with zero attached hydrogens (tertiary/aromatic N) is 2. The van der Waals surface area contributed by atoms with Crippen LogP contribution in [0, 0.1) is 5.92 Å². The van der Waals surface area contributed by atoms with Crippen molar-refractivity contribution in [2.24, 2.45) is 10.9 Å². The summed E-state index contributed by atoms with van der Waals surface area (Å²) in [5, 5.41) is 0.328. The lowest BCUT2D eigenvalue weighted by molar-refractivity contribution is -0.121. The lowest BCUT2D eigenvalue weighted by atomic mass is 9.66. The topological polar surface area (TPSA) is 76.5 Å². The first-order valence-corrected chi connectivity index (χ1v) is 9.58. The molecule has 1 aliphatic heterocycles. The van der Waals surface area contributed by atoms with E-state index in [9.17, 15) is 14.4 Å². The number of carbonyl (C=O) groups is 3. The fourth-order valence-corrected chi connectivity index (χ4v) is 4.58. The second-order valence-corrected chi connectivity index (χ2v) is 7.65. The fraction of sp³-hybridized carbons (Fsp3) is 0.227. The predicted octanol–water partition coefficient (Wildman–Crippen LogP) is 3.98. The molecule has 28 heavy (non-hydrogen) atoms. The summed E-state index contributed by atoms with van der Waals surface area (Å²) in [5.41, 5.74) is 2.59. The Labute approximate surface area is 166 Å². The van der Waals surface area contributed by atoms with Gasteiger partial charge in [0.25, 0.3) is 0 Å². The van der Waals surface area contributed by atoms with E-state index in [0.717, 1.165) is 0 Å². The molecule has 2 atom stereocenters. The van der Waals surface area contributed by atoms with E-state index in [-0.39, 0.29) is 23.0 Å². The van der Waals surface area contributed by atoms with Gasteiger partial charge in [-0.2, -0.15) is 0 Å². The van der Waals surface area contributed by atoms with Crippen LogP contribution in [-0.4, -0.2) is 28.0 Å². The molecule has 1 saturated carbocycles. The summed E-state index contributed by atoms with van der Waals surface area (Å²) in [7, 11) is 0. The van der Waals surface area contributed by atoms with Crippen molar-refractivity contribution in [1.29, 1.82) is 0 Å². The third kappa shape index (κ3) is 2.43. The van der Waals surface area contributed by atoms with Crippen molar-refractivity contribution in [3.63, 3.8) is 0 Å². The quantitative estimate of drug-likeness (QED) is 0.690. The molecule has 1 fully saturated rings. The number of halogens is 1. The molecule has 5 nitrogen and oxygen atoms in total. The largest absolute Gasteiger partial charge is 0.299 e. The van der Waals surface area contributed by atoms with Gasteiger partial charge in [-0.25, -0.2) is 4.98 Å². The highest BCUT2D eigenvalue weighted by Crippen LogP contribution is 2.46. The van der Waals surface area contributed by atoms with E-state index in [2.05, 4.69) is 9.98 Å². The third-order valence-corrected chi connectivity index (χ3v) is 5.93. The van der Waals surface area contributed by atoms with Crippen molar-refractivity contribution in [3.05, 3.63) is 75.7 Å². The van der Waals surface area contributed by atoms with Crippen LogP contribution in [0.4, 0.5) is 0 Å². The number of aliphatic imine (C=N–C) groups is 1. The molecule has 2 aromatic rings. The summed E-state index contributed by atoms with van der Waals surface area (Å²) >= 11 is 5.94. The highest BCUT2D eigenvalue weighted by atomic mass is 35.5. The van der Waals surface area contributed by atoms with Gasteiger partial charge < -0.3 is 0 Å². The summed E-state index contributed by atoms with van der Waals surface area (Å²) in [6.07, 6.45) is 3.39. The van der Waals surface area contributed by atoms with Crippen molar-refractivity contribution in [2.45, 2.75) is 25.2 Å². The van der Waals surface area contributed by atoms with Gasteiger partial charge in [0, 0.05) is 40.9 Å². The van der Waals surface area contributed by atoms with Gasteiger partial charge in [-0.15, -0.1) is 0 Å². The maximum Gasteiger partial charge on any atom is 0.212 e. The Morgan fingerprint density at radius 3 is 2.36 bits per heavy atom. The Kier molecular flexibility index (Phi) is 3.88. The van der Waals surface area contributed by atoms with Crippen LogP contribution in [0.2, 0.25) is 5.15 Å². The van der Waals surface area contributed by atoms with Gasteiger partial charge in [0.2, 0.25) is 5.78 Å². The molecule has 2 aliphatic carbocycles. The van der Waals surface area contributed by atoms with Crippen LogP contribution >= 0.6 is 11.6 Å². The maximum atomic E-state index is 13.4. The molecular formula is C22H15ClN2O3. The summed E-state index contributed by atoms with van der Waals surface area (Å²) in [6, 6.07) is 10.2. The van der Waals surface area contributed by atoms with Crippen molar-refractivity contribution < 1.29 is 14.4 Å². The highest BCUT2D eigenvalue weighted by Gasteiger charge is 2.47. The van der Waals surface area contributed by atoms with Crippen molar-refractivity contribution in [1.82, 2.24) is 4.98 Å². The minimum atomic E-state index is -0.565. The number of pyridine rings is 1. The molecule has 1 aromatic heterocycles. The van der Waals surface area contributed by atoms with Crippen LogP contribution < -0.4 is 0 Å². The molecule has 2 unspecified atom stereocenters. The number of benzene rings is 1. The molecule has 0 bridgehead atoms. The monoisotopic (exact) mass is 390 g/mol. The number of hydrogen-bond donors (Lipinski definition) is 0. The number of hydrogen-bond acceptors (Lipinski definition) is 5. The SMILES string of the molecule is O=C1C2=C(C(=O)c3ccccc31)C(c1ccc(Cl)nc1)C1C(=O)CCCC1=N2. The number of rotatable bonds is 1. The van der Waals surface area contributed by atoms with Crippen LogP contribution in [0.5, 0.6) is 0 Å². The van der Waals surface area contributed by atoms with Crippen molar-refractivity contribution in [2.75, 3.05) is 0 Å². The average Bonchev–Trinajstić information content (AvgIpc) is 2.71. The van der Waals surface area contributed by atoms with Gasteiger partial charge in [0.15, 0.2) is 5.78 Å². The van der Waals surface area contributed by atoms with E-state index in [1.165, 1.54) is 0 Å². The van der Waals surface area contributed by atoms with E-state index in [1.807, 2.05) is 0 Å². The standard InChI is InChI=1S/C22H15ClN2O3/c23-16-9-8-11(10-24-16)17-18-14(6-3-7-15(18)26)25-20-19(17)21(27)12-4-1-2-5-13(12)22(20)28/h1-2,4-5,8-10,17-18H,3,6-7H2. The molecule has 6 heteroatoms. The van der Waals surface area contributed by atoms with E-state index >= 15 is 0 Å². The van der Waals surface area contributed by atoms with Gasteiger partial charge in [-0.1, -0.05) is 41.9 Å². The fourth-order valence-electron chi connectivity index (χ4n) is 4.47. The number of carbonyl (C=O) groups excluding carboxylic acids is 3. The second-order valence-electron chi connectivity index (χ2n) is 7.26. The smallest absolute Gasteiger partial charge is 0.212 e. The first-order valence-electron chi connectivity index (χ1n) is 9.20. The first-order chi connectivity index (χ1) is 13.6. The average molecular weight is 391 g/mol. The number of fused-ring (bicyclic) bond motifs is 2. The Balaban J connectivity index is 1.77. The van der Waals surface area contributed by atoms with Crippen LogP contribution in [-0.2, 0) is 4.79 Å². The van der Waals surface area contributed by atoms with Crippen LogP contribution in [0.1, 0.15) is 51.5 Å². The molecule has 0 radical (unpaired) electrons. The first kappa shape index (κ1) is 17.2. The van der Waals surface area contributed by atoms with Crippen LogP contribution in [0.25, 0.3) is 0 Å². The van der Waals surface area contributed by atoms with Crippen LogP contribution in [0.3, 0.4) is 0 Å². The van der Waals surface area contributed by atoms with Gasteiger partial charge in [0.1, 0.15) is 16.6 Å². The van der Waals surface area contributed by atoms with E-state index in [1.54, 1.807) is 42.6 Å². The minimum Gasteiger partial charge on any atom is -0.299 e. The number of aromatic nitrogens is 1. The number of allylic oxidation sites excluding steroid dienone is 2. The summed E-state index contributed by atoms with van der Waals surface area (Å²) in [5.74, 6) is -1.55. The summed E-state index contributed by atoms with van der Waals surface area (Å²) < 4.78 is 0. The molecule has 138 valence electrons. The molecule has 5 rings (SSSR count). The lowest BCUT2D eigenvalue weighted by Gasteiger charge is -2.37. The normalized spacial score (nSPS) is 23.8. The Morgan fingerprint density at radius 2 is 1.64 bits per heavy atom. The van der Waals surface area contributed by atoms with E-state index < -0.39 is 11.8 Å². The number of Topliss-reactive ketones (excluding diaryl/α,β-unsaturated/α-hetero) is 3. The highest BCUT2D eigenvalue weighted by molar-refractivity contribution is 6.30. The number of ketones is 3. The van der Waals surface area contributed by atoms with E-state index in [4.69, 9.17) is 11.6 Å². The van der Waals surface area contributed by atoms with Crippen molar-refractivity contribution in [3.8, 4) is 0 Å². The Bertz CT molecular complexity index is 1110. The molecule has 0 amide bonds. The molecule has 2 heterocycles. The molecule has 1 aromatic carbocycles. The van der Waals surface area contributed by atoms with Crippen molar-refractivity contribution >= 4 is 34.7 Å². The Hall–Kier alpha value is -2.92. The third-order valence-electron chi connectivity index (χ3n) is 5.70. The van der Waals surface area contributed by atoms with Gasteiger partial charge >= 0.3 is 0 Å². The lowest BCUT2D eigenvalue weighted by Crippen LogP contribution is -2.41. The summed E-state index contributed by atoms with van der Waals surface area (Å²) in [6.45, 7) is 0. The molecular weight excluding hydrogens is 376 g/mol.